The van der Waals surface area contributed by atoms with Gasteiger partial charge < -0.3 is 9.84 Å². The molecule has 0 saturated heterocycles. The summed E-state index contributed by atoms with van der Waals surface area (Å²) >= 11 is 0. The number of aryl methyl sites for hydroxylation is 1. The number of ether oxygens (including phenoxy) is 1. The molecule has 2 heterocycles. The average Bonchev–Trinajstić information content (AvgIpc) is 2.80. The molecule has 1 N–H and O–H groups in total. The van der Waals surface area contributed by atoms with Gasteiger partial charge in [0.2, 0.25) is 5.88 Å². The van der Waals surface area contributed by atoms with Crippen LogP contribution in [0.2, 0.25) is 0 Å². The van der Waals surface area contributed by atoms with Gasteiger partial charge in [0.05, 0.1) is 17.1 Å². The minimum absolute atomic E-state index is 0.0988. The number of fused-ring (bicyclic) bond motifs is 2. The van der Waals surface area contributed by atoms with Crippen molar-refractivity contribution < 1.29 is 9.84 Å². The van der Waals surface area contributed by atoms with E-state index in [-0.39, 0.29) is 11.9 Å². The van der Waals surface area contributed by atoms with E-state index >= 15 is 0 Å². The summed E-state index contributed by atoms with van der Waals surface area (Å²) in [5, 5.41) is 10.6. The van der Waals surface area contributed by atoms with Gasteiger partial charge in [0.25, 0.3) is 0 Å². The smallest absolute Gasteiger partial charge is 0.325 e. The summed E-state index contributed by atoms with van der Waals surface area (Å²) in [6, 6.07) is 18.9. The lowest BCUT2D eigenvalue weighted by Gasteiger charge is -2.33. The second-order valence-electron chi connectivity index (χ2n) is 7.99. The molecule has 0 aliphatic heterocycles. The van der Waals surface area contributed by atoms with Gasteiger partial charge in [-0.05, 0) is 61.2 Å². The molecule has 1 atom stereocenters. The molecule has 31 heavy (non-hydrogen) atoms. The molecule has 1 aliphatic carbocycles. The highest BCUT2D eigenvalue weighted by molar-refractivity contribution is 5.82. The highest BCUT2D eigenvalue weighted by Gasteiger charge is 2.23. The zero-order valence-corrected chi connectivity index (χ0v) is 17.4. The van der Waals surface area contributed by atoms with Crippen molar-refractivity contribution in [2.75, 3.05) is 7.05 Å². The first-order valence-corrected chi connectivity index (χ1v) is 10.5. The van der Waals surface area contributed by atoms with Gasteiger partial charge in [-0.1, -0.05) is 36.4 Å². The molecule has 0 radical (unpaired) electrons. The van der Waals surface area contributed by atoms with Crippen LogP contribution in [0.25, 0.3) is 10.9 Å². The summed E-state index contributed by atoms with van der Waals surface area (Å²) in [4.78, 5) is 14.8. The van der Waals surface area contributed by atoms with Crippen molar-refractivity contribution in [2.24, 2.45) is 0 Å². The lowest BCUT2D eigenvalue weighted by atomic mass is 9.87. The summed E-state index contributed by atoms with van der Waals surface area (Å²) in [6.45, 7) is 0.859. The SMILES string of the molecule is CN(Cc1ccc(Oc2nc(O)c3ccncc3n2)cc1)C1CCCc2ccccc21. The van der Waals surface area contributed by atoms with Gasteiger partial charge in [0, 0.05) is 18.8 Å². The second-order valence-corrected chi connectivity index (χ2v) is 7.99. The van der Waals surface area contributed by atoms with Crippen LogP contribution in [0.1, 0.15) is 35.6 Å². The van der Waals surface area contributed by atoms with Crippen LogP contribution in [0.4, 0.5) is 0 Å². The minimum atomic E-state index is -0.117. The molecule has 156 valence electrons. The van der Waals surface area contributed by atoms with Crippen molar-refractivity contribution in [3.8, 4) is 17.6 Å². The van der Waals surface area contributed by atoms with Crippen molar-refractivity contribution >= 4 is 10.9 Å². The maximum Gasteiger partial charge on any atom is 0.325 e. The molecule has 0 bridgehead atoms. The molecule has 2 aromatic carbocycles. The number of benzene rings is 2. The van der Waals surface area contributed by atoms with Crippen LogP contribution in [0.5, 0.6) is 17.6 Å². The van der Waals surface area contributed by atoms with E-state index in [0.29, 0.717) is 22.7 Å². The first kappa shape index (κ1) is 19.5. The van der Waals surface area contributed by atoms with Crippen molar-refractivity contribution in [1.82, 2.24) is 19.9 Å². The van der Waals surface area contributed by atoms with E-state index in [1.54, 1.807) is 18.5 Å². The van der Waals surface area contributed by atoms with Gasteiger partial charge in [0.15, 0.2) is 0 Å². The Kier molecular flexibility index (Phi) is 5.22. The third-order valence-electron chi connectivity index (χ3n) is 5.89. The van der Waals surface area contributed by atoms with Crippen molar-refractivity contribution in [3.05, 3.63) is 83.7 Å². The molecule has 0 saturated carbocycles. The molecule has 1 unspecified atom stereocenters. The third kappa shape index (κ3) is 4.07. The van der Waals surface area contributed by atoms with E-state index in [1.807, 2.05) is 12.1 Å². The quantitative estimate of drug-likeness (QED) is 0.496. The highest BCUT2D eigenvalue weighted by Crippen LogP contribution is 2.34. The van der Waals surface area contributed by atoms with Gasteiger partial charge >= 0.3 is 6.01 Å². The first-order valence-electron chi connectivity index (χ1n) is 10.5. The van der Waals surface area contributed by atoms with Crippen LogP contribution >= 0.6 is 0 Å². The monoisotopic (exact) mass is 412 g/mol. The molecule has 1 aliphatic rings. The summed E-state index contributed by atoms with van der Waals surface area (Å²) < 4.78 is 5.77. The molecule has 0 spiro atoms. The Bertz CT molecular complexity index is 1210. The van der Waals surface area contributed by atoms with Crippen molar-refractivity contribution in [2.45, 2.75) is 31.8 Å². The Morgan fingerprint density at radius 3 is 2.77 bits per heavy atom. The zero-order chi connectivity index (χ0) is 21.2. The summed E-state index contributed by atoms with van der Waals surface area (Å²) in [6.07, 6.45) is 6.76. The van der Waals surface area contributed by atoms with Gasteiger partial charge in [-0.2, -0.15) is 9.97 Å². The number of aromatic nitrogens is 3. The third-order valence-corrected chi connectivity index (χ3v) is 5.89. The molecule has 0 amide bonds. The fourth-order valence-corrected chi connectivity index (χ4v) is 4.34. The molecular weight excluding hydrogens is 388 g/mol. The second kappa shape index (κ2) is 8.32. The van der Waals surface area contributed by atoms with E-state index < -0.39 is 0 Å². The van der Waals surface area contributed by atoms with Crippen LogP contribution in [0.3, 0.4) is 0 Å². The topological polar surface area (TPSA) is 71.4 Å². The number of aromatic hydroxyl groups is 1. The number of pyridine rings is 1. The Balaban J connectivity index is 1.29. The van der Waals surface area contributed by atoms with Crippen molar-refractivity contribution in [1.29, 1.82) is 0 Å². The van der Waals surface area contributed by atoms with Crippen LogP contribution < -0.4 is 4.74 Å². The maximum absolute atomic E-state index is 10.1. The first-order chi connectivity index (χ1) is 15.2. The number of hydrogen-bond acceptors (Lipinski definition) is 6. The van der Waals surface area contributed by atoms with Gasteiger partial charge in [-0.15, -0.1) is 0 Å². The van der Waals surface area contributed by atoms with E-state index in [9.17, 15) is 5.11 Å². The molecule has 4 aromatic rings. The van der Waals surface area contributed by atoms with Gasteiger partial charge in [0.1, 0.15) is 5.75 Å². The van der Waals surface area contributed by atoms with Gasteiger partial charge in [-0.3, -0.25) is 9.88 Å². The zero-order valence-electron chi connectivity index (χ0n) is 17.4. The lowest BCUT2D eigenvalue weighted by molar-refractivity contribution is 0.213. The average molecular weight is 412 g/mol. The predicted molar refractivity (Wildman–Crippen MR) is 119 cm³/mol. The number of hydrogen-bond donors (Lipinski definition) is 1. The van der Waals surface area contributed by atoms with E-state index in [4.69, 9.17) is 4.74 Å². The molecule has 6 nitrogen and oxygen atoms in total. The van der Waals surface area contributed by atoms with Crippen molar-refractivity contribution in [3.63, 3.8) is 0 Å². The molecular formula is C25H24N4O2. The van der Waals surface area contributed by atoms with E-state index in [0.717, 1.165) is 6.54 Å². The van der Waals surface area contributed by atoms with Crippen LogP contribution in [-0.4, -0.2) is 32.0 Å². The largest absolute Gasteiger partial charge is 0.493 e. The predicted octanol–water partition coefficient (Wildman–Crippen LogP) is 5.03. The number of nitrogens with zero attached hydrogens (tertiary/aromatic N) is 4. The normalized spacial score (nSPS) is 15.7. The summed E-state index contributed by atoms with van der Waals surface area (Å²) in [7, 11) is 2.19. The van der Waals surface area contributed by atoms with Crippen LogP contribution in [0, 0.1) is 0 Å². The Labute approximate surface area is 181 Å². The lowest BCUT2D eigenvalue weighted by Crippen LogP contribution is -2.27. The Hall–Kier alpha value is -3.51. The van der Waals surface area contributed by atoms with Crippen LogP contribution in [0.15, 0.2) is 67.0 Å². The molecule has 5 rings (SSSR count). The molecule has 2 aromatic heterocycles. The molecule has 6 heteroatoms. The Morgan fingerprint density at radius 1 is 1.06 bits per heavy atom. The standard InChI is InChI=1S/C25H24N4O2/c1-29(23-8-4-6-18-5-2-3-7-20(18)23)16-17-9-11-19(12-10-17)31-25-27-22-15-26-14-13-21(22)24(30)28-25/h2-3,5,7,9-15,23H,4,6,8,16H2,1H3,(H,27,28,30). The molecule has 0 fully saturated rings. The maximum atomic E-state index is 10.1. The highest BCUT2D eigenvalue weighted by atomic mass is 16.5. The van der Waals surface area contributed by atoms with Gasteiger partial charge in [-0.25, -0.2) is 0 Å². The minimum Gasteiger partial charge on any atom is -0.493 e. The van der Waals surface area contributed by atoms with E-state index in [1.165, 1.54) is 36.0 Å². The summed E-state index contributed by atoms with van der Waals surface area (Å²) in [5.41, 5.74) is 4.68. The van der Waals surface area contributed by atoms with Crippen LogP contribution in [-0.2, 0) is 13.0 Å². The summed E-state index contributed by atoms with van der Waals surface area (Å²) in [5.74, 6) is 0.505. The van der Waals surface area contributed by atoms with E-state index in [2.05, 4.69) is 63.3 Å². The fourth-order valence-electron chi connectivity index (χ4n) is 4.34. The number of rotatable bonds is 5. The fraction of sp³-hybridized carbons (Fsp3) is 0.240. The Morgan fingerprint density at radius 2 is 1.90 bits per heavy atom.